The Morgan fingerprint density at radius 3 is 1.63 bits per heavy atom. The maximum absolute atomic E-state index is 11.0. The monoisotopic (exact) mass is 376 g/mol. The molecule has 0 saturated heterocycles. The van der Waals surface area contributed by atoms with Crippen molar-refractivity contribution in [1.82, 2.24) is 8.67 Å². The fourth-order valence-electron chi connectivity index (χ4n) is 1.11. The van der Waals surface area contributed by atoms with Crippen LogP contribution in [0.2, 0.25) is 0 Å². The van der Waals surface area contributed by atoms with Crippen LogP contribution in [0.1, 0.15) is 12.8 Å². The first-order valence-electron chi connectivity index (χ1n) is 5.63. The minimum absolute atomic E-state index is 0.400. The van der Waals surface area contributed by atoms with Gasteiger partial charge >= 0.3 is 128 Å². The third-order valence-corrected chi connectivity index (χ3v) is 5.20. The Labute approximate surface area is 128 Å². The Hall–Kier alpha value is 0.0795. The Balaban J connectivity index is 4.05. The standard InChI is InChI=1S/C10H20N2O4S2Se/c1-17-5-3-7(9(13)14)11-19-12-8(10(15)16)4-6-18-2/h7-8,11-12H,3-6H2,1-2H3,(H,13,14)(H,15,16)/t7-,8-/m0/s1. The van der Waals surface area contributed by atoms with E-state index in [1.807, 2.05) is 12.5 Å². The molecule has 0 saturated carbocycles. The summed E-state index contributed by atoms with van der Waals surface area (Å²) >= 11 is 2.78. The van der Waals surface area contributed by atoms with Crippen molar-refractivity contribution in [3.05, 3.63) is 0 Å². The van der Waals surface area contributed by atoms with E-state index < -0.39 is 39.4 Å². The molecule has 0 amide bonds. The topological polar surface area (TPSA) is 98.7 Å². The molecule has 0 aromatic carbocycles. The summed E-state index contributed by atoms with van der Waals surface area (Å²) in [6, 6.07) is -1.23. The van der Waals surface area contributed by atoms with Gasteiger partial charge in [0.25, 0.3) is 0 Å². The number of carbonyl (C=O) groups is 2. The summed E-state index contributed by atoms with van der Waals surface area (Å²) in [7, 11) is 0. The van der Waals surface area contributed by atoms with E-state index in [4.69, 9.17) is 10.2 Å². The molecule has 9 heteroatoms. The maximum atomic E-state index is 11.0. The van der Waals surface area contributed by atoms with Crippen molar-refractivity contribution < 1.29 is 19.8 Å². The van der Waals surface area contributed by atoms with Gasteiger partial charge in [-0.25, -0.2) is 0 Å². The van der Waals surface area contributed by atoms with E-state index in [0.29, 0.717) is 12.8 Å². The molecular formula is C10H20N2O4S2Se. The van der Waals surface area contributed by atoms with E-state index in [2.05, 4.69) is 8.67 Å². The number of carboxylic acid groups (broad SMARTS) is 2. The number of hydrogen-bond acceptors (Lipinski definition) is 6. The van der Waals surface area contributed by atoms with Crippen LogP contribution in [0.25, 0.3) is 0 Å². The van der Waals surface area contributed by atoms with Crippen molar-refractivity contribution in [2.45, 2.75) is 24.9 Å². The zero-order valence-electron chi connectivity index (χ0n) is 10.9. The summed E-state index contributed by atoms with van der Waals surface area (Å²) in [4.78, 5) is 22.0. The SMILES string of the molecule is CSCC[C@H](N[Se]N[C@@H](CCSC)C(=O)O)C(=O)O. The van der Waals surface area contributed by atoms with Gasteiger partial charge in [0.2, 0.25) is 0 Å². The van der Waals surface area contributed by atoms with E-state index in [1.165, 1.54) is 0 Å². The molecule has 0 heterocycles. The minimum atomic E-state index is -0.895. The first-order valence-corrected chi connectivity index (χ1v) is 10.1. The molecule has 0 aliphatic carbocycles. The van der Waals surface area contributed by atoms with E-state index in [-0.39, 0.29) is 0 Å². The van der Waals surface area contributed by atoms with Crippen LogP contribution in [0.15, 0.2) is 0 Å². The van der Waals surface area contributed by atoms with Crippen molar-refractivity contribution in [1.29, 1.82) is 0 Å². The number of thioether (sulfide) groups is 2. The molecule has 0 aromatic rings. The van der Waals surface area contributed by atoms with Crippen molar-refractivity contribution in [2.24, 2.45) is 0 Å². The molecule has 0 unspecified atom stereocenters. The van der Waals surface area contributed by atoms with Crippen LogP contribution in [0.4, 0.5) is 0 Å². The Bertz CT molecular complexity index is 258. The first-order chi connectivity index (χ1) is 9.02. The normalized spacial score (nSPS) is 14.0. The average molecular weight is 375 g/mol. The molecule has 0 rings (SSSR count). The summed E-state index contributed by atoms with van der Waals surface area (Å²) < 4.78 is 5.77. The second-order valence-electron chi connectivity index (χ2n) is 3.68. The van der Waals surface area contributed by atoms with Gasteiger partial charge in [-0.3, -0.25) is 0 Å². The van der Waals surface area contributed by atoms with Gasteiger partial charge in [-0.15, -0.1) is 0 Å². The summed E-state index contributed by atoms with van der Waals surface area (Å²) in [6.45, 7) is 0. The summed E-state index contributed by atoms with van der Waals surface area (Å²) in [6.07, 6.45) is 4.90. The van der Waals surface area contributed by atoms with Crippen LogP contribution in [-0.4, -0.2) is 73.6 Å². The van der Waals surface area contributed by atoms with Crippen molar-refractivity contribution in [3.8, 4) is 0 Å². The summed E-state index contributed by atoms with van der Waals surface area (Å²) in [5.41, 5.74) is 0. The molecule has 0 aliphatic rings. The summed E-state index contributed by atoms with van der Waals surface area (Å²) in [5.74, 6) is -0.272. The van der Waals surface area contributed by atoms with Crippen LogP contribution in [0, 0.1) is 0 Å². The van der Waals surface area contributed by atoms with Gasteiger partial charge in [0.1, 0.15) is 0 Å². The van der Waals surface area contributed by atoms with Crippen LogP contribution >= 0.6 is 23.5 Å². The molecule has 6 nitrogen and oxygen atoms in total. The third-order valence-electron chi connectivity index (χ3n) is 2.22. The molecule has 0 aromatic heterocycles. The number of nitrogens with one attached hydrogen (secondary N) is 2. The average Bonchev–Trinajstić information content (AvgIpc) is 2.36. The van der Waals surface area contributed by atoms with Crippen molar-refractivity contribution in [2.75, 3.05) is 24.0 Å². The fourth-order valence-corrected chi connectivity index (χ4v) is 3.71. The number of carboxylic acids is 2. The van der Waals surface area contributed by atoms with Gasteiger partial charge in [0.15, 0.2) is 0 Å². The molecule has 112 valence electrons. The number of hydrogen-bond donors (Lipinski definition) is 4. The third kappa shape index (κ3) is 9.59. The molecule has 0 fully saturated rings. The van der Waals surface area contributed by atoms with Crippen LogP contribution in [0.3, 0.4) is 0 Å². The number of aliphatic carboxylic acids is 2. The predicted molar refractivity (Wildman–Crippen MR) is 80.9 cm³/mol. The molecule has 19 heavy (non-hydrogen) atoms. The fraction of sp³-hybridized carbons (Fsp3) is 0.800. The molecule has 0 spiro atoms. The van der Waals surface area contributed by atoms with E-state index in [1.54, 1.807) is 23.5 Å². The predicted octanol–water partition coefficient (Wildman–Crippen LogP) is 0.112. The zero-order valence-corrected chi connectivity index (χ0v) is 14.3. The number of rotatable bonds is 12. The van der Waals surface area contributed by atoms with Crippen LogP contribution in [0.5, 0.6) is 0 Å². The molecule has 2 atom stereocenters. The molecular weight excluding hydrogens is 355 g/mol. The Morgan fingerprint density at radius 2 is 1.37 bits per heavy atom. The molecule has 0 bridgehead atoms. The summed E-state index contributed by atoms with van der Waals surface area (Å²) in [5, 5.41) is 18.0. The second kappa shape index (κ2) is 11.9. The van der Waals surface area contributed by atoms with Gasteiger partial charge in [-0.2, -0.15) is 0 Å². The van der Waals surface area contributed by atoms with Crippen molar-refractivity contribution >= 4 is 50.9 Å². The van der Waals surface area contributed by atoms with Crippen LogP contribution in [-0.2, 0) is 9.59 Å². The van der Waals surface area contributed by atoms with E-state index in [0.717, 1.165) is 11.5 Å². The second-order valence-corrected chi connectivity index (χ2v) is 7.07. The van der Waals surface area contributed by atoms with E-state index >= 15 is 0 Å². The van der Waals surface area contributed by atoms with Gasteiger partial charge in [0.05, 0.1) is 0 Å². The van der Waals surface area contributed by atoms with E-state index in [9.17, 15) is 9.59 Å². The quantitative estimate of drug-likeness (QED) is 0.357. The van der Waals surface area contributed by atoms with Gasteiger partial charge in [0, 0.05) is 0 Å². The Morgan fingerprint density at radius 1 is 1.00 bits per heavy atom. The Kier molecular flexibility index (Phi) is 11.9. The van der Waals surface area contributed by atoms with Crippen molar-refractivity contribution in [3.63, 3.8) is 0 Å². The van der Waals surface area contributed by atoms with Gasteiger partial charge in [-0.05, 0) is 0 Å². The molecule has 4 N–H and O–H groups in total. The van der Waals surface area contributed by atoms with Gasteiger partial charge in [-0.1, -0.05) is 0 Å². The molecule has 0 radical (unpaired) electrons. The molecule has 0 aliphatic heterocycles. The van der Waals surface area contributed by atoms with Crippen LogP contribution < -0.4 is 8.67 Å². The first kappa shape index (κ1) is 19.1. The van der Waals surface area contributed by atoms with Gasteiger partial charge < -0.3 is 0 Å². The zero-order chi connectivity index (χ0) is 14.7.